The maximum Gasteiger partial charge on any atom is 0.233 e. The fourth-order valence-electron chi connectivity index (χ4n) is 1.73. The molecule has 1 aromatic carbocycles. The molecule has 5 nitrogen and oxygen atoms in total. The van der Waals surface area contributed by atoms with Crippen LogP contribution in [-0.2, 0) is 16.4 Å². The van der Waals surface area contributed by atoms with E-state index >= 15 is 0 Å². The van der Waals surface area contributed by atoms with Gasteiger partial charge in [-0.15, -0.1) is 0 Å². The molecular formula is C14H16N2O3S. The number of aromatic nitrogens is 1. The number of nitrogens with one attached hydrogen (secondary N) is 1. The minimum Gasteiger partial charge on any atom is -0.508 e. The lowest BCUT2D eigenvalue weighted by molar-refractivity contribution is 0.471. The summed E-state index contributed by atoms with van der Waals surface area (Å²) >= 11 is 0. The van der Waals surface area contributed by atoms with Gasteiger partial charge >= 0.3 is 0 Å². The van der Waals surface area contributed by atoms with Gasteiger partial charge in [-0.25, -0.2) is 8.42 Å². The normalized spacial score (nSPS) is 11.2. The van der Waals surface area contributed by atoms with Gasteiger partial charge in [-0.3, -0.25) is 9.71 Å². The van der Waals surface area contributed by atoms with Crippen LogP contribution in [0.4, 0.5) is 5.69 Å². The van der Waals surface area contributed by atoms with E-state index in [0.29, 0.717) is 17.7 Å². The van der Waals surface area contributed by atoms with Gasteiger partial charge in [-0.1, -0.05) is 6.07 Å². The molecule has 6 heteroatoms. The minimum atomic E-state index is -3.43. The lowest BCUT2D eigenvalue weighted by Gasteiger charge is -2.09. The smallest absolute Gasteiger partial charge is 0.233 e. The van der Waals surface area contributed by atoms with Crippen molar-refractivity contribution in [2.45, 2.75) is 13.3 Å². The number of phenols is 1. The predicted octanol–water partition coefficient (Wildman–Crippen LogP) is 2.08. The molecule has 0 atom stereocenters. The van der Waals surface area contributed by atoms with Crippen LogP contribution in [0.5, 0.6) is 5.75 Å². The molecule has 0 saturated heterocycles. The van der Waals surface area contributed by atoms with Gasteiger partial charge in [0.05, 0.1) is 5.75 Å². The van der Waals surface area contributed by atoms with E-state index < -0.39 is 10.0 Å². The van der Waals surface area contributed by atoms with Crippen LogP contribution in [0.3, 0.4) is 0 Å². The number of nitrogens with zero attached hydrogens (tertiary/aromatic N) is 1. The van der Waals surface area contributed by atoms with Crippen molar-refractivity contribution in [3.63, 3.8) is 0 Å². The van der Waals surface area contributed by atoms with Crippen LogP contribution < -0.4 is 4.72 Å². The number of benzene rings is 1. The maximum absolute atomic E-state index is 12.0. The summed E-state index contributed by atoms with van der Waals surface area (Å²) in [7, 11) is -3.43. The van der Waals surface area contributed by atoms with E-state index in [-0.39, 0.29) is 11.5 Å². The Bertz CT molecular complexity index is 685. The molecule has 2 rings (SSSR count). The Labute approximate surface area is 118 Å². The van der Waals surface area contributed by atoms with Gasteiger partial charge in [0.2, 0.25) is 10.0 Å². The third-order valence-corrected chi connectivity index (χ3v) is 4.11. The summed E-state index contributed by atoms with van der Waals surface area (Å²) in [6.07, 6.45) is 1.99. The number of aryl methyl sites for hydroxylation is 2. The lowest BCUT2D eigenvalue weighted by Crippen LogP contribution is -2.18. The summed E-state index contributed by atoms with van der Waals surface area (Å²) in [4.78, 5) is 4.09. The molecule has 1 heterocycles. The molecule has 0 saturated carbocycles. The second-order valence-electron chi connectivity index (χ2n) is 4.49. The number of anilines is 1. The molecular weight excluding hydrogens is 276 g/mol. The quantitative estimate of drug-likeness (QED) is 0.827. The van der Waals surface area contributed by atoms with Crippen LogP contribution in [0.25, 0.3) is 0 Å². The van der Waals surface area contributed by atoms with Gasteiger partial charge in [-0.2, -0.15) is 0 Å². The van der Waals surface area contributed by atoms with Gasteiger partial charge in [0.15, 0.2) is 0 Å². The van der Waals surface area contributed by atoms with Crippen LogP contribution in [-0.4, -0.2) is 24.3 Å². The Hall–Kier alpha value is -2.08. The van der Waals surface area contributed by atoms with Crippen molar-refractivity contribution in [3.8, 4) is 5.75 Å². The lowest BCUT2D eigenvalue weighted by atomic mass is 10.2. The zero-order valence-electron chi connectivity index (χ0n) is 11.1. The summed E-state index contributed by atoms with van der Waals surface area (Å²) in [6.45, 7) is 1.71. The third-order valence-electron chi connectivity index (χ3n) is 2.82. The van der Waals surface area contributed by atoms with Crippen LogP contribution in [0, 0.1) is 6.92 Å². The largest absolute Gasteiger partial charge is 0.508 e. The highest BCUT2D eigenvalue weighted by molar-refractivity contribution is 7.92. The van der Waals surface area contributed by atoms with Crippen LogP contribution >= 0.6 is 0 Å². The predicted molar refractivity (Wildman–Crippen MR) is 78.2 cm³/mol. The highest BCUT2D eigenvalue weighted by Gasteiger charge is 2.11. The van der Waals surface area contributed by atoms with Crippen LogP contribution in [0.15, 0.2) is 42.6 Å². The van der Waals surface area contributed by atoms with E-state index in [1.54, 1.807) is 31.3 Å². The van der Waals surface area contributed by atoms with Crippen molar-refractivity contribution in [3.05, 3.63) is 53.9 Å². The monoisotopic (exact) mass is 292 g/mol. The summed E-state index contributed by atoms with van der Waals surface area (Å²) < 4.78 is 26.4. The molecule has 0 aliphatic rings. The number of sulfonamides is 1. The highest BCUT2D eigenvalue weighted by Crippen LogP contribution is 2.21. The number of aromatic hydroxyl groups is 1. The topological polar surface area (TPSA) is 79.3 Å². The standard InChI is InChI=1S/C14H16N2O3S/c1-11-10-13(5-6-14(11)17)16-20(18,19)9-7-12-4-2-3-8-15-12/h2-6,8,10,16-17H,7,9H2,1H3. The maximum atomic E-state index is 12.0. The second kappa shape index (κ2) is 5.92. The van der Waals surface area contributed by atoms with Gasteiger partial charge in [0.1, 0.15) is 5.75 Å². The molecule has 0 fully saturated rings. The van der Waals surface area contributed by atoms with E-state index in [1.165, 1.54) is 12.1 Å². The van der Waals surface area contributed by atoms with Crippen molar-refractivity contribution >= 4 is 15.7 Å². The van der Waals surface area contributed by atoms with Crippen molar-refractivity contribution in [2.75, 3.05) is 10.5 Å². The number of pyridine rings is 1. The Morgan fingerprint density at radius 3 is 2.70 bits per heavy atom. The summed E-state index contributed by atoms with van der Waals surface area (Å²) in [6, 6.07) is 9.99. The number of phenolic OH excluding ortho intramolecular Hbond substituents is 1. The average molecular weight is 292 g/mol. The van der Waals surface area contributed by atoms with Crippen molar-refractivity contribution in [1.82, 2.24) is 4.98 Å². The van der Waals surface area contributed by atoms with E-state index in [9.17, 15) is 13.5 Å². The van der Waals surface area contributed by atoms with Gasteiger partial charge < -0.3 is 5.11 Å². The number of hydrogen-bond acceptors (Lipinski definition) is 4. The molecule has 20 heavy (non-hydrogen) atoms. The zero-order valence-corrected chi connectivity index (χ0v) is 11.9. The third kappa shape index (κ3) is 3.96. The Morgan fingerprint density at radius 2 is 2.05 bits per heavy atom. The van der Waals surface area contributed by atoms with E-state index in [1.807, 2.05) is 6.07 Å². The number of hydrogen-bond donors (Lipinski definition) is 2. The zero-order chi connectivity index (χ0) is 14.6. The summed E-state index contributed by atoms with van der Waals surface area (Å²) in [5.74, 6) is 0.102. The first-order valence-corrected chi connectivity index (χ1v) is 7.81. The fourth-order valence-corrected chi connectivity index (χ4v) is 2.80. The van der Waals surface area contributed by atoms with E-state index in [4.69, 9.17) is 0 Å². The molecule has 1 aromatic heterocycles. The highest BCUT2D eigenvalue weighted by atomic mass is 32.2. The van der Waals surface area contributed by atoms with Crippen molar-refractivity contribution in [1.29, 1.82) is 0 Å². The molecule has 0 spiro atoms. The molecule has 0 radical (unpaired) electrons. The first-order valence-electron chi connectivity index (χ1n) is 6.16. The van der Waals surface area contributed by atoms with Crippen molar-refractivity contribution < 1.29 is 13.5 Å². The van der Waals surface area contributed by atoms with Crippen molar-refractivity contribution in [2.24, 2.45) is 0 Å². The first kappa shape index (κ1) is 14.3. The Kier molecular flexibility index (Phi) is 4.24. The molecule has 0 aliphatic heterocycles. The van der Waals surface area contributed by atoms with Crippen LogP contribution in [0.2, 0.25) is 0 Å². The van der Waals surface area contributed by atoms with E-state index in [2.05, 4.69) is 9.71 Å². The molecule has 0 bridgehead atoms. The molecule has 2 aromatic rings. The summed E-state index contributed by atoms with van der Waals surface area (Å²) in [5, 5.41) is 9.41. The average Bonchev–Trinajstić information content (AvgIpc) is 2.42. The van der Waals surface area contributed by atoms with Gasteiger partial charge in [0.25, 0.3) is 0 Å². The molecule has 2 N–H and O–H groups in total. The molecule has 106 valence electrons. The number of rotatable bonds is 5. The Balaban J connectivity index is 2.02. The van der Waals surface area contributed by atoms with E-state index in [0.717, 1.165) is 5.69 Å². The minimum absolute atomic E-state index is 0.0378. The molecule has 0 aliphatic carbocycles. The van der Waals surface area contributed by atoms with Crippen LogP contribution in [0.1, 0.15) is 11.3 Å². The molecule has 0 amide bonds. The fraction of sp³-hybridized carbons (Fsp3) is 0.214. The summed E-state index contributed by atoms with van der Waals surface area (Å²) in [5.41, 5.74) is 1.80. The molecule has 0 unspecified atom stereocenters. The Morgan fingerprint density at radius 1 is 1.25 bits per heavy atom. The van der Waals surface area contributed by atoms with Gasteiger partial charge in [-0.05, 0) is 42.8 Å². The second-order valence-corrected chi connectivity index (χ2v) is 6.34. The SMILES string of the molecule is Cc1cc(NS(=O)(=O)CCc2ccccn2)ccc1O. The first-order chi connectivity index (χ1) is 9.46. The van der Waals surface area contributed by atoms with Gasteiger partial charge in [0, 0.05) is 24.0 Å².